The van der Waals surface area contributed by atoms with Crippen molar-refractivity contribution in [3.63, 3.8) is 0 Å². The smallest absolute Gasteiger partial charge is 0.243 e. The fraction of sp³-hybridized carbons (Fsp3) is 0.375. The molecule has 0 saturated carbocycles. The standard InChI is InChI=1S/C32H39Cl2N3O4S/c1-4-5-19-35-32(39)30(22-25-10-7-6-8-11-25)36(23-26-15-18-28(33)29(34)21-26)31(38)12-9-20-37(42(3,40)41)27-16-13-24(2)14-17-27/h6-8,10-11,13-18,21,30H,4-5,9,12,19-20,22-23H2,1-3H3,(H,35,39)/t30-/m0/s1. The summed E-state index contributed by atoms with van der Waals surface area (Å²) in [4.78, 5) is 29.0. The average Bonchev–Trinajstić information content (AvgIpc) is 2.95. The lowest BCUT2D eigenvalue weighted by Crippen LogP contribution is -2.50. The molecule has 0 radical (unpaired) electrons. The van der Waals surface area contributed by atoms with Crippen LogP contribution in [0.2, 0.25) is 10.0 Å². The fourth-order valence-electron chi connectivity index (χ4n) is 4.61. The van der Waals surface area contributed by atoms with Gasteiger partial charge in [0.05, 0.1) is 22.0 Å². The first-order valence-electron chi connectivity index (χ1n) is 14.1. The molecule has 0 heterocycles. The number of anilines is 1. The molecule has 2 amide bonds. The number of nitrogens with zero attached hydrogens (tertiary/aromatic N) is 2. The lowest BCUT2D eigenvalue weighted by atomic mass is 10.0. The van der Waals surface area contributed by atoms with Crippen molar-refractivity contribution >= 4 is 50.7 Å². The number of hydrogen-bond donors (Lipinski definition) is 1. The molecular formula is C32H39Cl2N3O4S. The maximum Gasteiger partial charge on any atom is 0.243 e. The van der Waals surface area contributed by atoms with Crippen molar-refractivity contribution in [2.45, 2.75) is 58.5 Å². The number of aryl methyl sites for hydroxylation is 1. The number of hydrogen-bond acceptors (Lipinski definition) is 4. The zero-order valence-electron chi connectivity index (χ0n) is 24.4. The van der Waals surface area contributed by atoms with Crippen LogP contribution >= 0.6 is 23.2 Å². The van der Waals surface area contributed by atoms with E-state index in [0.717, 1.165) is 35.8 Å². The van der Waals surface area contributed by atoms with Crippen molar-refractivity contribution < 1.29 is 18.0 Å². The predicted octanol–water partition coefficient (Wildman–Crippen LogP) is 6.40. The molecule has 0 aromatic heterocycles. The van der Waals surface area contributed by atoms with Crippen LogP contribution in [0.25, 0.3) is 0 Å². The summed E-state index contributed by atoms with van der Waals surface area (Å²) in [6, 6.07) is 21.1. The van der Waals surface area contributed by atoms with Crippen LogP contribution in [0.3, 0.4) is 0 Å². The van der Waals surface area contributed by atoms with Crippen LogP contribution in [-0.4, -0.2) is 50.5 Å². The van der Waals surface area contributed by atoms with Gasteiger partial charge in [-0.25, -0.2) is 8.42 Å². The van der Waals surface area contributed by atoms with Crippen molar-refractivity contribution in [3.05, 3.63) is 99.5 Å². The molecule has 0 unspecified atom stereocenters. The zero-order valence-corrected chi connectivity index (χ0v) is 26.7. The van der Waals surface area contributed by atoms with Gasteiger partial charge in [0.2, 0.25) is 21.8 Å². The maximum atomic E-state index is 13.9. The Kier molecular flexibility index (Phi) is 12.7. The van der Waals surface area contributed by atoms with E-state index in [2.05, 4.69) is 5.32 Å². The van der Waals surface area contributed by atoms with E-state index in [4.69, 9.17) is 23.2 Å². The first-order valence-corrected chi connectivity index (χ1v) is 16.7. The molecule has 226 valence electrons. The molecule has 7 nitrogen and oxygen atoms in total. The zero-order chi connectivity index (χ0) is 30.7. The molecule has 1 atom stereocenters. The largest absolute Gasteiger partial charge is 0.354 e. The Balaban J connectivity index is 1.88. The van der Waals surface area contributed by atoms with Crippen molar-refractivity contribution in [3.8, 4) is 0 Å². The second kappa shape index (κ2) is 16.0. The number of halogens is 2. The highest BCUT2D eigenvalue weighted by atomic mass is 35.5. The Morgan fingerprint density at radius 3 is 2.21 bits per heavy atom. The Morgan fingerprint density at radius 1 is 0.905 bits per heavy atom. The summed E-state index contributed by atoms with van der Waals surface area (Å²) in [6.45, 7) is 4.75. The van der Waals surface area contributed by atoms with Crippen LogP contribution < -0.4 is 9.62 Å². The number of nitrogens with one attached hydrogen (secondary N) is 1. The van der Waals surface area contributed by atoms with Gasteiger partial charge in [-0.3, -0.25) is 13.9 Å². The molecule has 0 aliphatic carbocycles. The van der Waals surface area contributed by atoms with E-state index in [1.807, 2.05) is 56.3 Å². The molecule has 0 aliphatic rings. The third-order valence-corrected chi connectivity index (χ3v) is 8.84. The minimum atomic E-state index is -3.57. The van der Waals surface area contributed by atoms with Crippen molar-refractivity contribution in [2.75, 3.05) is 23.7 Å². The Morgan fingerprint density at radius 2 is 1.60 bits per heavy atom. The Bertz CT molecular complexity index is 1430. The summed E-state index contributed by atoms with van der Waals surface area (Å²) in [6.07, 6.45) is 3.55. The van der Waals surface area contributed by atoms with Gasteiger partial charge in [0.15, 0.2) is 0 Å². The molecule has 0 spiro atoms. The number of rotatable bonds is 15. The Labute approximate surface area is 259 Å². The van der Waals surface area contributed by atoms with Gasteiger partial charge in [0.25, 0.3) is 0 Å². The molecule has 1 N–H and O–H groups in total. The van der Waals surface area contributed by atoms with Crippen LogP contribution in [-0.2, 0) is 32.6 Å². The molecule has 10 heteroatoms. The second-order valence-electron chi connectivity index (χ2n) is 10.4. The molecule has 0 saturated heterocycles. The van der Waals surface area contributed by atoms with Gasteiger partial charge in [-0.2, -0.15) is 0 Å². The van der Waals surface area contributed by atoms with E-state index in [0.29, 0.717) is 28.7 Å². The second-order valence-corrected chi connectivity index (χ2v) is 13.1. The van der Waals surface area contributed by atoms with Crippen LogP contribution in [0, 0.1) is 6.92 Å². The van der Waals surface area contributed by atoms with E-state index < -0.39 is 16.1 Å². The average molecular weight is 633 g/mol. The summed E-state index contributed by atoms with van der Waals surface area (Å²) >= 11 is 12.4. The van der Waals surface area contributed by atoms with Crippen molar-refractivity contribution in [1.82, 2.24) is 10.2 Å². The number of sulfonamides is 1. The molecule has 42 heavy (non-hydrogen) atoms. The van der Waals surface area contributed by atoms with Crippen LogP contribution in [0.5, 0.6) is 0 Å². The van der Waals surface area contributed by atoms with E-state index >= 15 is 0 Å². The summed E-state index contributed by atoms with van der Waals surface area (Å²) < 4.78 is 26.5. The van der Waals surface area contributed by atoms with Crippen molar-refractivity contribution in [2.24, 2.45) is 0 Å². The first-order chi connectivity index (χ1) is 20.0. The summed E-state index contributed by atoms with van der Waals surface area (Å²) in [5.41, 5.74) is 3.21. The minimum absolute atomic E-state index is 0.0483. The molecule has 0 aliphatic heterocycles. The minimum Gasteiger partial charge on any atom is -0.354 e. The van der Waals surface area contributed by atoms with E-state index in [9.17, 15) is 18.0 Å². The highest BCUT2D eigenvalue weighted by molar-refractivity contribution is 7.92. The third kappa shape index (κ3) is 10.0. The molecule has 3 rings (SSSR count). The van der Waals surface area contributed by atoms with Crippen LogP contribution in [0.15, 0.2) is 72.8 Å². The summed E-state index contributed by atoms with van der Waals surface area (Å²) in [7, 11) is -3.57. The number of benzene rings is 3. The van der Waals surface area contributed by atoms with Gasteiger partial charge in [-0.1, -0.05) is 90.6 Å². The van der Waals surface area contributed by atoms with Gasteiger partial charge in [0, 0.05) is 32.5 Å². The normalized spacial score (nSPS) is 12.0. The van der Waals surface area contributed by atoms with Gasteiger partial charge in [-0.15, -0.1) is 0 Å². The SMILES string of the molecule is CCCCNC(=O)[C@H](Cc1ccccc1)N(Cc1ccc(Cl)c(Cl)c1)C(=O)CCCN(c1ccc(C)cc1)S(C)(=O)=O. The van der Waals surface area contributed by atoms with Gasteiger partial charge in [0.1, 0.15) is 6.04 Å². The fourth-order valence-corrected chi connectivity index (χ4v) is 5.90. The molecule has 3 aromatic rings. The maximum absolute atomic E-state index is 13.9. The quantitative estimate of drug-likeness (QED) is 0.197. The first kappa shape index (κ1) is 33.4. The summed E-state index contributed by atoms with van der Waals surface area (Å²) in [5.74, 6) is -0.497. The predicted molar refractivity (Wildman–Crippen MR) is 171 cm³/mol. The topological polar surface area (TPSA) is 86.8 Å². The third-order valence-electron chi connectivity index (χ3n) is 6.91. The number of carbonyl (C=O) groups is 2. The Hall–Kier alpha value is -3.07. The number of carbonyl (C=O) groups excluding carboxylic acids is 2. The van der Waals surface area contributed by atoms with Gasteiger partial charge in [-0.05, 0) is 55.2 Å². The van der Waals surface area contributed by atoms with Crippen LogP contribution in [0.1, 0.15) is 49.3 Å². The van der Waals surface area contributed by atoms with Gasteiger partial charge >= 0.3 is 0 Å². The van der Waals surface area contributed by atoms with E-state index in [1.54, 1.807) is 35.2 Å². The monoisotopic (exact) mass is 631 g/mol. The molecule has 0 fully saturated rings. The number of amides is 2. The number of unbranched alkanes of at least 4 members (excludes halogenated alkanes) is 1. The highest BCUT2D eigenvalue weighted by Gasteiger charge is 2.30. The lowest BCUT2D eigenvalue weighted by molar-refractivity contribution is -0.141. The highest BCUT2D eigenvalue weighted by Crippen LogP contribution is 2.25. The van der Waals surface area contributed by atoms with E-state index in [1.165, 1.54) is 4.31 Å². The molecule has 0 bridgehead atoms. The van der Waals surface area contributed by atoms with E-state index in [-0.39, 0.29) is 37.7 Å². The summed E-state index contributed by atoms with van der Waals surface area (Å²) in [5, 5.41) is 3.75. The van der Waals surface area contributed by atoms with Gasteiger partial charge < -0.3 is 10.2 Å². The lowest BCUT2D eigenvalue weighted by Gasteiger charge is -2.32. The van der Waals surface area contributed by atoms with Crippen molar-refractivity contribution in [1.29, 1.82) is 0 Å². The van der Waals surface area contributed by atoms with Crippen LogP contribution in [0.4, 0.5) is 5.69 Å². The molecular weight excluding hydrogens is 593 g/mol. The molecule has 3 aromatic carbocycles.